The lowest BCUT2D eigenvalue weighted by molar-refractivity contribution is 0.247. The largest absolute Gasteiger partial charge is 0.330 e. The second kappa shape index (κ2) is 6.86. The van der Waals surface area contributed by atoms with Crippen molar-refractivity contribution in [3.63, 3.8) is 0 Å². The van der Waals surface area contributed by atoms with Gasteiger partial charge < -0.3 is 10.6 Å². The molecule has 0 aliphatic heterocycles. The maximum atomic E-state index is 12.4. The highest BCUT2D eigenvalue weighted by Gasteiger charge is 2.18. The van der Waals surface area contributed by atoms with Gasteiger partial charge in [-0.1, -0.05) is 19.1 Å². The van der Waals surface area contributed by atoms with E-state index in [2.05, 4.69) is 28.7 Å². The summed E-state index contributed by atoms with van der Waals surface area (Å²) in [4.78, 5) is 12.4. The van der Waals surface area contributed by atoms with Crippen LogP contribution in [0.1, 0.15) is 49.0 Å². The standard InChI is InChI=1S/C18H24N4O/c1-3-15(17-11-12-19-22(17)2)20-18(23)21-16-10-6-8-13-7-4-5-9-14(13)16/h6,8,10-12,15H,3-5,7,9H2,1-2H3,(H2,20,21,23)/t15-/m1/s1. The summed E-state index contributed by atoms with van der Waals surface area (Å²) in [5.41, 5.74) is 4.62. The van der Waals surface area contributed by atoms with Crippen molar-refractivity contribution in [2.75, 3.05) is 5.32 Å². The third-order valence-corrected chi connectivity index (χ3v) is 4.57. The average Bonchev–Trinajstić information content (AvgIpc) is 2.99. The van der Waals surface area contributed by atoms with E-state index >= 15 is 0 Å². The van der Waals surface area contributed by atoms with Gasteiger partial charge in [0.25, 0.3) is 0 Å². The van der Waals surface area contributed by atoms with Gasteiger partial charge in [-0.15, -0.1) is 0 Å². The number of carbonyl (C=O) groups is 1. The number of urea groups is 1. The minimum Gasteiger partial charge on any atom is -0.330 e. The van der Waals surface area contributed by atoms with E-state index < -0.39 is 0 Å². The number of aryl methyl sites for hydroxylation is 2. The first kappa shape index (κ1) is 15.6. The zero-order chi connectivity index (χ0) is 16.2. The molecule has 0 bridgehead atoms. The van der Waals surface area contributed by atoms with Gasteiger partial charge in [0, 0.05) is 18.9 Å². The van der Waals surface area contributed by atoms with Crippen LogP contribution in [-0.4, -0.2) is 15.8 Å². The summed E-state index contributed by atoms with van der Waals surface area (Å²) < 4.78 is 1.80. The lowest BCUT2D eigenvalue weighted by Crippen LogP contribution is -2.33. The fraction of sp³-hybridized carbons (Fsp3) is 0.444. The van der Waals surface area contributed by atoms with Crippen LogP contribution in [0.5, 0.6) is 0 Å². The number of anilines is 1. The summed E-state index contributed by atoms with van der Waals surface area (Å²) in [5, 5.41) is 10.3. The van der Waals surface area contributed by atoms with E-state index in [9.17, 15) is 4.79 Å². The predicted octanol–water partition coefficient (Wildman–Crippen LogP) is 3.57. The summed E-state index contributed by atoms with van der Waals surface area (Å²) >= 11 is 0. The van der Waals surface area contributed by atoms with Gasteiger partial charge in [0.2, 0.25) is 0 Å². The molecule has 1 aromatic heterocycles. The van der Waals surface area contributed by atoms with Gasteiger partial charge in [0.1, 0.15) is 0 Å². The van der Waals surface area contributed by atoms with Crippen LogP contribution in [0.25, 0.3) is 0 Å². The maximum absolute atomic E-state index is 12.4. The molecule has 23 heavy (non-hydrogen) atoms. The van der Waals surface area contributed by atoms with E-state index in [0.29, 0.717) is 0 Å². The quantitative estimate of drug-likeness (QED) is 0.906. The molecule has 2 aromatic rings. The first-order valence-electron chi connectivity index (χ1n) is 8.35. The van der Waals surface area contributed by atoms with Crippen molar-refractivity contribution in [1.29, 1.82) is 0 Å². The van der Waals surface area contributed by atoms with Crippen molar-refractivity contribution in [2.24, 2.45) is 7.05 Å². The Morgan fingerprint density at radius 3 is 2.87 bits per heavy atom. The van der Waals surface area contributed by atoms with Crippen LogP contribution in [0.4, 0.5) is 10.5 Å². The zero-order valence-corrected chi connectivity index (χ0v) is 13.8. The minimum absolute atomic E-state index is 0.0398. The number of amides is 2. The van der Waals surface area contributed by atoms with Gasteiger partial charge in [0.05, 0.1) is 11.7 Å². The smallest absolute Gasteiger partial charge is 0.319 e. The molecule has 0 radical (unpaired) electrons. The Kier molecular flexibility index (Phi) is 4.65. The average molecular weight is 312 g/mol. The van der Waals surface area contributed by atoms with Gasteiger partial charge in [-0.3, -0.25) is 4.68 Å². The summed E-state index contributed by atoms with van der Waals surface area (Å²) in [6, 6.07) is 7.94. The number of hydrogen-bond donors (Lipinski definition) is 2. The number of benzene rings is 1. The normalized spacial score (nSPS) is 14.9. The van der Waals surface area contributed by atoms with Crippen LogP contribution in [0.3, 0.4) is 0 Å². The molecule has 0 saturated heterocycles. The van der Waals surface area contributed by atoms with Crippen LogP contribution < -0.4 is 10.6 Å². The summed E-state index contributed by atoms with van der Waals surface area (Å²) in [5.74, 6) is 0. The lowest BCUT2D eigenvalue weighted by Gasteiger charge is -2.21. The SMILES string of the molecule is CC[C@@H](NC(=O)Nc1cccc2c1CCCC2)c1ccnn1C. The maximum Gasteiger partial charge on any atom is 0.319 e. The number of aromatic nitrogens is 2. The molecule has 5 heteroatoms. The molecule has 2 amide bonds. The minimum atomic E-state index is -0.156. The van der Waals surface area contributed by atoms with E-state index in [-0.39, 0.29) is 12.1 Å². The van der Waals surface area contributed by atoms with Gasteiger partial charge in [0.15, 0.2) is 0 Å². The molecule has 3 rings (SSSR count). The number of nitrogens with zero attached hydrogens (tertiary/aromatic N) is 2. The predicted molar refractivity (Wildman–Crippen MR) is 91.5 cm³/mol. The third kappa shape index (κ3) is 3.38. The van der Waals surface area contributed by atoms with Crippen molar-refractivity contribution < 1.29 is 4.79 Å². The number of carbonyl (C=O) groups excluding carboxylic acids is 1. The van der Waals surface area contributed by atoms with Crippen LogP contribution in [0.15, 0.2) is 30.5 Å². The number of hydrogen-bond acceptors (Lipinski definition) is 2. The Morgan fingerprint density at radius 2 is 2.13 bits per heavy atom. The molecular formula is C18H24N4O. The Bertz CT molecular complexity index is 692. The van der Waals surface area contributed by atoms with Crippen LogP contribution in [0.2, 0.25) is 0 Å². The van der Waals surface area contributed by atoms with E-state index in [1.807, 2.05) is 25.2 Å². The first-order valence-corrected chi connectivity index (χ1v) is 8.35. The molecule has 1 aliphatic rings. The van der Waals surface area contributed by atoms with Gasteiger partial charge in [-0.25, -0.2) is 4.79 Å². The molecule has 122 valence electrons. The molecule has 1 aliphatic carbocycles. The Labute approximate surface area is 137 Å². The number of nitrogens with one attached hydrogen (secondary N) is 2. The fourth-order valence-electron chi connectivity index (χ4n) is 3.33. The van der Waals surface area contributed by atoms with Gasteiger partial charge >= 0.3 is 6.03 Å². The first-order chi connectivity index (χ1) is 11.2. The van der Waals surface area contributed by atoms with Crippen molar-refractivity contribution >= 4 is 11.7 Å². The fourth-order valence-corrected chi connectivity index (χ4v) is 3.33. The van der Waals surface area contributed by atoms with Crippen molar-refractivity contribution in [2.45, 2.75) is 45.1 Å². The van der Waals surface area contributed by atoms with E-state index in [1.54, 1.807) is 10.9 Å². The summed E-state index contributed by atoms with van der Waals surface area (Å²) in [6.45, 7) is 2.06. The van der Waals surface area contributed by atoms with Crippen LogP contribution >= 0.6 is 0 Å². The van der Waals surface area contributed by atoms with Crippen LogP contribution in [0, 0.1) is 0 Å². The Balaban J connectivity index is 1.71. The Morgan fingerprint density at radius 1 is 1.30 bits per heavy atom. The second-order valence-corrected chi connectivity index (χ2v) is 6.09. The number of rotatable bonds is 4. The summed E-state index contributed by atoms with van der Waals surface area (Å²) in [6.07, 6.45) is 7.16. The highest BCUT2D eigenvalue weighted by Crippen LogP contribution is 2.28. The second-order valence-electron chi connectivity index (χ2n) is 6.09. The molecule has 0 fully saturated rings. The third-order valence-electron chi connectivity index (χ3n) is 4.57. The summed E-state index contributed by atoms with van der Waals surface area (Å²) in [7, 11) is 1.89. The molecule has 2 N–H and O–H groups in total. The van der Waals surface area contributed by atoms with E-state index in [1.165, 1.54) is 24.0 Å². The van der Waals surface area contributed by atoms with Crippen molar-refractivity contribution in [1.82, 2.24) is 15.1 Å². The van der Waals surface area contributed by atoms with Gasteiger partial charge in [-0.2, -0.15) is 5.10 Å². The highest BCUT2D eigenvalue weighted by molar-refractivity contribution is 5.90. The van der Waals surface area contributed by atoms with Gasteiger partial charge in [-0.05, 0) is 55.4 Å². The van der Waals surface area contributed by atoms with E-state index in [0.717, 1.165) is 30.6 Å². The monoisotopic (exact) mass is 312 g/mol. The topological polar surface area (TPSA) is 59.0 Å². The van der Waals surface area contributed by atoms with E-state index in [4.69, 9.17) is 0 Å². The van der Waals surface area contributed by atoms with Crippen LogP contribution in [-0.2, 0) is 19.9 Å². The Hall–Kier alpha value is -2.30. The molecule has 0 unspecified atom stereocenters. The molecule has 1 aromatic carbocycles. The molecule has 1 atom stereocenters. The molecule has 1 heterocycles. The zero-order valence-electron chi connectivity index (χ0n) is 13.8. The van der Waals surface area contributed by atoms with Crippen molar-refractivity contribution in [3.05, 3.63) is 47.3 Å². The highest BCUT2D eigenvalue weighted by atomic mass is 16.2. The molecule has 5 nitrogen and oxygen atoms in total. The number of fused-ring (bicyclic) bond motifs is 1. The lowest BCUT2D eigenvalue weighted by atomic mass is 9.90. The van der Waals surface area contributed by atoms with Crippen molar-refractivity contribution in [3.8, 4) is 0 Å². The molecular weight excluding hydrogens is 288 g/mol. The molecule has 0 saturated carbocycles. The molecule has 0 spiro atoms.